The summed E-state index contributed by atoms with van der Waals surface area (Å²) in [6.07, 6.45) is 0. The first-order valence-electron chi connectivity index (χ1n) is 4.95. The van der Waals surface area contributed by atoms with E-state index in [9.17, 15) is 0 Å². The van der Waals surface area contributed by atoms with Crippen LogP contribution in [0.3, 0.4) is 0 Å². The van der Waals surface area contributed by atoms with E-state index in [4.69, 9.17) is 10.5 Å². The monoisotopic (exact) mass is 325 g/mol. The highest BCUT2D eigenvalue weighted by atomic mass is 127. The number of halogens is 1. The summed E-state index contributed by atoms with van der Waals surface area (Å²) in [7, 11) is 0. The quantitative estimate of drug-likeness (QED) is 0.670. The lowest BCUT2D eigenvalue weighted by atomic mass is 10.2. The van der Waals surface area contributed by atoms with Crippen molar-refractivity contribution in [3.8, 4) is 11.5 Å². The molecule has 82 valence electrons. The van der Waals surface area contributed by atoms with Crippen molar-refractivity contribution in [3.63, 3.8) is 0 Å². The minimum absolute atomic E-state index is 0.657. The highest BCUT2D eigenvalue weighted by Gasteiger charge is 2.02. The Morgan fingerprint density at radius 3 is 2.44 bits per heavy atom. The van der Waals surface area contributed by atoms with Gasteiger partial charge in [0, 0.05) is 3.57 Å². The topological polar surface area (TPSA) is 35.2 Å². The summed E-state index contributed by atoms with van der Waals surface area (Å²) in [5.74, 6) is 1.51. The first-order valence-corrected chi connectivity index (χ1v) is 6.02. The van der Waals surface area contributed by atoms with Crippen LogP contribution in [-0.2, 0) is 0 Å². The molecule has 0 unspecified atom stereocenters. The molecule has 0 fully saturated rings. The van der Waals surface area contributed by atoms with Crippen LogP contribution in [0.2, 0.25) is 0 Å². The molecule has 0 aliphatic carbocycles. The second kappa shape index (κ2) is 4.74. The van der Waals surface area contributed by atoms with Crippen LogP contribution >= 0.6 is 22.6 Å². The van der Waals surface area contributed by atoms with Gasteiger partial charge in [0.25, 0.3) is 0 Å². The van der Waals surface area contributed by atoms with Gasteiger partial charge in [-0.25, -0.2) is 0 Å². The van der Waals surface area contributed by atoms with E-state index in [0.29, 0.717) is 11.4 Å². The lowest BCUT2D eigenvalue weighted by molar-refractivity contribution is 0.484. The largest absolute Gasteiger partial charge is 0.455 e. The van der Waals surface area contributed by atoms with Gasteiger partial charge in [0.15, 0.2) is 5.75 Å². The predicted molar refractivity (Wildman–Crippen MR) is 74.8 cm³/mol. The number of aryl methyl sites for hydroxylation is 1. The van der Waals surface area contributed by atoms with Gasteiger partial charge in [-0.15, -0.1) is 0 Å². The van der Waals surface area contributed by atoms with E-state index >= 15 is 0 Å². The van der Waals surface area contributed by atoms with E-state index in [-0.39, 0.29) is 0 Å². The Morgan fingerprint density at radius 1 is 1.06 bits per heavy atom. The number of hydrogen-bond donors (Lipinski definition) is 1. The van der Waals surface area contributed by atoms with Gasteiger partial charge in [0.1, 0.15) is 5.75 Å². The average Bonchev–Trinajstić information content (AvgIpc) is 2.27. The summed E-state index contributed by atoms with van der Waals surface area (Å²) in [6.45, 7) is 2.01. The van der Waals surface area contributed by atoms with E-state index in [0.717, 1.165) is 11.3 Å². The van der Waals surface area contributed by atoms with Crippen molar-refractivity contribution in [1.29, 1.82) is 0 Å². The van der Waals surface area contributed by atoms with Crippen LogP contribution in [0.4, 0.5) is 5.69 Å². The van der Waals surface area contributed by atoms with Crippen molar-refractivity contribution in [2.45, 2.75) is 6.92 Å². The third-order valence-electron chi connectivity index (χ3n) is 2.21. The summed E-state index contributed by atoms with van der Waals surface area (Å²) in [5.41, 5.74) is 7.63. The molecule has 16 heavy (non-hydrogen) atoms. The normalized spacial score (nSPS) is 10.1. The summed E-state index contributed by atoms with van der Waals surface area (Å²) >= 11 is 2.26. The number of nitrogens with two attached hydrogens (primary N) is 1. The van der Waals surface area contributed by atoms with E-state index in [2.05, 4.69) is 22.6 Å². The molecule has 0 aromatic heterocycles. The van der Waals surface area contributed by atoms with Crippen LogP contribution in [0.25, 0.3) is 0 Å². The van der Waals surface area contributed by atoms with Gasteiger partial charge in [0.2, 0.25) is 0 Å². The van der Waals surface area contributed by atoms with Crippen LogP contribution < -0.4 is 10.5 Å². The molecule has 2 aromatic rings. The van der Waals surface area contributed by atoms with Gasteiger partial charge in [-0.1, -0.05) is 6.07 Å². The van der Waals surface area contributed by atoms with Gasteiger partial charge < -0.3 is 10.5 Å². The van der Waals surface area contributed by atoms with Crippen molar-refractivity contribution in [1.82, 2.24) is 0 Å². The van der Waals surface area contributed by atoms with E-state index in [1.54, 1.807) is 0 Å². The zero-order chi connectivity index (χ0) is 11.5. The summed E-state index contributed by atoms with van der Waals surface area (Å²) in [5, 5.41) is 0. The van der Waals surface area contributed by atoms with Gasteiger partial charge in [-0.05, 0) is 71.5 Å². The maximum absolute atomic E-state index is 5.84. The Hall–Kier alpha value is -1.23. The molecule has 0 aliphatic heterocycles. The van der Waals surface area contributed by atoms with Crippen molar-refractivity contribution in [2.24, 2.45) is 0 Å². The maximum Gasteiger partial charge on any atom is 0.150 e. The number of hydrogen-bond acceptors (Lipinski definition) is 2. The van der Waals surface area contributed by atoms with Gasteiger partial charge in [-0.2, -0.15) is 0 Å². The van der Waals surface area contributed by atoms with Crippen molar-refractivity contribution in [2.75, 3.05) is 5.73 Å². The summed E-state index contributed by atoms with van der Waals surface area (Å²) < 4.78 is 6.90. The van der Waals surface area contributed by atoms with E-state index < -0.39 is 0 Å². The Morgan fingerprint density at radius 2 is 1.75 bits per heavy atom. The molecular weight excluding hydrogens is 313 g/mol. The smallest absolute Gasteiger partial charge is 0.150 e. The van der Waals surface area contributed by atoms with Crippen LogP contribution in [0, 0.1) is 10.5 Å². The zero-order valence-corrected chi connectivity index (χ0v) is 11.1. The van der Waals surface area contributed by atoms with Gasteiger partial charge in [0.05, 0.1) is 5.69 Å². The number of rotatable bonds is 2. The molecule has 2 rings (SSSR count). The summed E-state index contributed by atoms with van der Waals surface area (Å²) in [6, 6.07) is 13.6. The summed E-state index contributed by atoms with van der Waals surface area (Å²) in [4.78, 5) is 0. The van der Waals surface area contributed by atoms with Crippen LogP contribution in [0.1, 0.15) is 5.56 Å². The van der Waals surface area contributed by atoms with Crippen molar-refractivity contribution >= 4 is 28.3 Å². The van der Waals surface area contributed by atoms with Crippen LogP contribution in [-0.4, -0.2) is 0 Å². The maximum atomic E-state index is 5.84. The minimum Gasteiger partial charge on any atom is -0.455 e. The Labute approximate surface area is 109 Å². The Balaban J connectivity index is 2.26. The molecule has 0 heterocycles. The van der Waals surface area contributed by atoms with Crippen molar-refractivity contribution in [3.05, 3.63) is 51.6 Å². The molecule has 0 bridgehead atoms. The zero-order valence-electron chi connectivity index (χ0n) is 8.91. The molecule has 0 saturated heterocycles. The fourth-order valence-corrected chi connectivity index (χ4v) is 1.72. The number of anilines is 1. The molecule has 2 N–H and O–H groups in total. The Kier molecular flexibility index (Phi) is 3.33. The second-order valence-corrected chi connectivity index (χ2v) is 4.84. The molecule has 3 heteroatoms. The highest BCUT2D eigenvalue weighted by molar-refractivity contribution is 14.1. The molecule has 2 aromatic carbocycles. The van der Waals surface area contributed by atoms with E-state index in [1.807, 2.05) is 49.4 Å². The molecule has 0 atom stereocenters. The van der Waals surface area contributed by atoms with Crippen LogP contribution in [0.5, 0.6) is 11.5 Å². The fraction of sp³-hybridized carbons (Fsp3) is 0.0769. The fourth-order valence-electron chi connectivity index (χ4n) is 1.36. The second-order valence-electron chi connectivity index (χ2n) is 3.60. The predicted octanol–water partition coefficient (Wildman–Crippen LogP) is 3.97. The molecule has 0 amide bonds. The third kappa shape index (κ3) is 2.66. The van der Waals surface area contributed by atoms with E-state index in [1.165, 1.54) is 3.57 Å². The molecule has 0 saturated carbocycles. The van der Waals surface area contributed by atoms with Gasteiger partial charge in [-0.3, -0.25) is 0 Å². The molecule has 2 nitrogen and oxygen atoms in total. The minimum atomic E-state index is 0.657. The molecular formula is C13H12INO. The lowest BCUT2D eigenvalue weighted by Gasteiger charge is -2.09. The SMILES string of the molecule is Cc1ccc(N)c(Oc2ccc(I)cc2)c1. The first kappa shape index (κ1) is 11.3. The lowest BCUT2D eigenvalue weighted by Crippen LogP contribution is -1.92. The number of nitrogen functional groups attached to an aromatic ring is 1. The van der Waals surface area contributed by atoms with Crippen LogP contribution in [0.15, 0.2) is 42.5 Å². The highest BCUT2D eigenvalue weighted by Crippen LogP contribution is 2.28. The Bertz CT molecular complexity index is 494. The molecule has 0 spiro atoms. The molecule has 0 aliphatic rings. The average molecular weight is 325 g/mol. The van der Waals surface area contributed by atoms with Crippen molar-refractivity contribution < 1.29 is 4.74 Å². The number of benzene rings is 2. The van der Waals surface area contributed by atoms with Gasteiger partial charge >= 0.3 is 0 Å². The standard InChI is InChI=1S/C13H12INO/c1-9-2-7-12(15)13(8-9)16-11-5-3-10(14)4-6-11/h2-8H,15H2,1H3. The first-order chi connectivity index (χ1) is 7.65. The molecule has 0 radical (unpaired) electrons. The third-order valence-corrected chi connectivity index (χ3v) is 2.93. The number of ether oxygens (including phenoxy) is 1.